The van der Waals surface area contributed by atoms with Crippen LogP contribution in [0.1, 0.15) is 49.7 Å². The summed E-state index contributed by atoms with van der Waals surface area (Å²) in [6.07, 6.45) is 6.53. The molecule has 1 atom stereocenters. The number of carbonyl (C=O) groups excluding carboxylic acids is 1. The van der Waals surface area contributed by atoms with Crippen LogP contribution in [-0.4, -0.2) is 26.5 Å². The monoisotopic (exact) mass is 368 g/mol. The number of fused-ring (bicyclic) bond motifs is 1. The molecule has 0 aromatic carbocycles. The quantitative estimate of drug-likeness (QED) is 0.636. The molecule has 1 aliphatic heterocycles. The summed E-state index contributed by atoms with van der Waals surface area (Å²) in [6, 6.07) is 3.73. The van der Waals surface area contributed by atoms with Crippen molar-refractivity contribution in [3.63, 3.8) is 0 Å². The number of ketones is 1. The average Bonchev–Trinajstić information content (AvgIpc) is 2.65. The molecule has 2 aromatic heterocycles. The van der Waals surface area contributed by atoms with Gasteiger partial charge in [0.1, 0.15) is 5.82 Å². The number of hydrogen-bond acceptors (Lipinski definition) is 6. The van der Waals surface area contributed by atoms with E-state index >= 15 is 0 Å². The predicted octanol–water partition coefficient (Wildman–Crippen LogP) is 3.23. The van der Waals surface area contributed by atoms with Crippen LogP contribution >= 0.6 is 11.8 Å². The number of nitrogens with one attached hydrogen (secondary N) is 2. The van der Waals surface area contributed by atoms with Gasteiger partial charge < -0.3 is 10.3 Å². The van der Waals surface area contributed by atoms with E-state index in [1.807, 2.05) is 12.1 Å². The van der Waals surface area contributed by atoms with Gasteiger partial charge in [0.2, 0.25) is 0 Å². The molecule has 0 bridgehead atoms. The van der Waals surface area contributed by atoms with E-state index in [0.29, 0.717) is 28.5 Å². The SMILES string of the molecule is CCCSc1nc2c(c(=O)[nH]1)[C@H](c1ccncc1)C1=C(CCCC1=O)N2. The van der Waals surface area contributed by atoms with Gasteiger partial charge in [-0.3, -0.25) is 14.6 Å². The van der Waals surface area contributed by atoms with Crippen LogP contribution < -0.4 is 10.9 Å². The molecule has 3 heterocycles. The van der Waals surface area contributed by atoms with Crippen LogP contribution in [0.5, 0.6) is 0 Å². The number of anilines is 1. The first-order valence-corrected chi connectivity index (χ1v) is 9.87. The smallest absolute Gasteiger partial charge is 0.257 e. The Kier molecular flexibility index (Phi) is 4.63. The first kappa shape index (κ1) is 17.0. The number of allylic oxidation sites excluding steroid dienone is 2. The molecule has 6 nitrogen and oxygen atoms in total. The summed E-state index contributed by atoms with van der Waals surface area (Å²) < 4.78 is 0. The Bertz CT molecular complexity index is 936. The van der Waals surface area contributed by atoms with Gasteiger partial charge in [-0.2, -0.15) is 0 Å². The molecule has 7 heteroatoms. The molecule has 134 valence electrons. The Morgan fingerprint density at radius 3 is 2.81 bits per heavy atom. The molecular weight excluding hydrogens is 348 g/mol. The number of nitrogens with zero attached hydrogens (tertiary/aromatic N) is 2. The van der Waals surface area contributed by atoms with Gasteiger partial charge in [-0.15, -0.1) is 0 Å². The highest BCUT2D eigenvalue weighted by molar-refractivity contribution is 7.99. The van der Waals surface area contributed by atoms with Crippen LogP contribution in [0.3, 0.4) is 0 Å². The fourth-order valence-corrected chi connectivity index (χ4v) is 4.31. The normalized spacial score (nSPS) is 19.0. The number of hydrogen-bond donors (Lipinski definition) is 2. The summed E-state index contributed by atoms with van der Waals surface area (Å²) in [7, 11) is 0. The fraction of sp³-hybridized carbons (Fsp3) is 0.368. The molecule has 0 amide bonds. The first-order chi connectivity index (χ1) is 12.7. The second kappa shape index (κ2) is 7.07. The Balaban J connectivity index is 1.89. The predicted molar refractivity (Wildman–Crippen MR) is 101 cm³/mol. The van der Waals surface area contributed by atoms with Crippen molar-refractivity contribution < 1.29 is 4.79 Å². The van der Waals surface area contributed by atoms with Crippen molar-refractivity contribution in [2.75, 3.05) is 11.1 Å². The van der Waals surface area contributed by atoms with Crippen molar-refractivity contribution in [2.45, 2.75) is 43.7 Å². The summed E-state index contributed by atoms with van der Waals surface area (Å²) in [5, 5.41) is 3.90. The molecule has 0 saturated carbocycles. The molecule has 0 saturated heterocycles. The minimum Gasteiger partial charge on any atom is -0.343 e. The Hall–Kier alpha value is -2.41. The maximum atomic E-state index is 12.9. The highest BCUT2D eigenvalue weighted by Gasteiger charge is 2.37. The number of H-pyrrole nitrogens is 1. The third kappa shape index (κ3) is 2.96. The topological polar surface area (TPSA) is 87.7 Å². The van der Waals surface area contributed by atoms with E-state index < -0.39 is 5.92 Å². The number of aromatic nitrogens is 3. The van der Waals surface area contributed by atoms with Gasteiger partial charge in [0, 0.05) is 41.8 Å². The van der Waals surface area contributed by atoms with Crippen molar-refractivity contribution in [2.24, 2.45) is 0 Å². The zero-order valence-electron chi connectivity index (χ0n) is 14.5. The summed E-state index contributed by atoms with van der Waals surface area (Å²) in [5.41, 5.74) is 2.84. The molecule has 2 aromatic rings. The van der Waals surface area contributed by atoms with Gasteiger partial charge in [0.15, 0.2) is 10.9 Å². The number of Topliss-reactive ketones (excluding diaryl/α,β-unsaturated/α-hetero) is 1. The highest BCUT2D eigenvalue weighted by Crippen LogP contribution is 2.43. The van der Waals surface area contributed by atoms with Crippen LogP contribution in [0.4, 0.5) is 5.82 Å². The molecule has 0 spiro atoms. The van der Waals surface area contributed by atoms with Crippen molar-refractivity contribution in [1.29, 1.82) is 0 Å². The van der Waals surface area contributed by atoms with E-state index in [0.717, 1.165) is 36.3 Å². The number of pyridine rings is 1. The summed E-state index contributed by atoms with van der Waals surface area (Å²) >= 11 is 1.53. The number of thioether (sulfide) groups is 1. The van der Waals surface area contributed by atoms with E-state index in [2.05, 4.69) is 27.2 Å². The molecule has 4 rings (SSSR count). The van der Waals surface area contributed by atoms with E-state index in [1.54, 1.807) is 12.4 Å². The number of aromatic amines is 1. The fourth-order valence-electron chi connectivity index (χ4n) is 3.60. The van der Waals surface area contributed by atoms with Gasteiger partial charge in [0.05, 0.1) is 5.56 Å². The minimum absolute atomic E-state index is 0.107. The summed E-state index contributed by atoms with van der Waals surface area (Å²) in [5.74, 6) is 1.18. The van der Waals surface area contributed by atoms with Gasteiger partial charge in [0.25, 0.3) is 5.56 Å². The minimum atomic E-state index is -0.390. The third-order valence-corrected chi connectivity index (χ3v) is 5.80. The number of rotatable bonds is 4. The lowest BCUT2D eigenvalue weighted by molar-refractivity contribution is -0.116. The zero-order chi connectivity index (χ0) is 18.1. The molecule has 2 N–H and O–H groups in total. The maximum Gasteiger partial charge on any atom is 0.257 e. The lowest BCUT2D eigenvalue weighted by atomic mass is 9.77. The van der Waals surface area contributed by atoms with E-state index in [4.69, 9.17) is 0 Å². The largest absolute Gasteiger partial charge is 0.343 e. The van der Waals surface area contributed by atoms with Crippen LogP contribution in [0.25, 0.3) is 0 Å². The molecular formula is C19H20N4O2S. The molecule has 0 radical (unpaired) electrons. The Morgan fingerprint density at radius 2 is 2.04 bits per heavy atom. The Morgan fingerprint density at radius 1 is 1.23 bits per heavy atom. The van der Waals surface area contributed by atoms with Crippen molar-refractivity contribution in [1.82, 2.24) is 15.0 Å². The molecule has 26 heavy (non-hydrogen) atoms. The lowest BCUT2D eigenvalue weighted by Gasteiger charge is -2.32. The molecule has 1 aliphatic carbocycles. The Labute approximate surface area is 155 Å². The molecule has 2 aliphatic rings. The van der Waals surface area contributed by atoms with E-state index in [-0.39, 0.29) is 11.3 Å². The second-order valence-electron chi connectivity index (χ2n) is 6.49. The van der Waals surface area contributed by atoms with Gasteiger partial charge in [-0.05, 0) is 37.0 Å². The van der Waals surface area contributed by atoms with Gasteiger partial charge in [-0.25, -0.2) is 4.98 Å². The third-order valence-electron chi connectivity index (χ3n) is 4.72. The van der Waals surface area contributed by atoms with Crippen molar-refractivity contribution in [3.8, 4) is 0 Å². The highest BCUT2D eigenvalue weighted by atomic mass is 32.2. The zero-order valence-corrected chi connectivity index (χ0v) is 15.4. The van der Waals surface area contributed by atoms with Crippen molar-refractivity contribution in [3.05, 3.63) is 57.3 Å². The summed E-state index contributed by atoms with van der Waals surface area (Å²) in [6.45, 7) is 2.09. The summed E-state index contributed by atoms with van der Waals surface area (Å²) in [4.78, 5) is 37.2. The van der Waals surface area contributed by atoms with E-state index in [9.17, 15) is 9.59 Å². The number of carbonyl (C=O) groups is 1. The maximum absolute atomic E-state index is 12.9. The van der Waals surface area contributed by atoms with Gasteiger partial charge >= 0.3 is 0 Å². The first-order valence-electron chi connectivity index (χ1n) is 8.89. The van der Waals surface area contributed by atoms with E-state index in [1.165, 1.54) is 11.8 Å². The average molecular weight is 368 g/mol. The lowest BCUT2D eigenvalue weighted by Crippen LogP contribution is -2.32. The molecule has 0 unspecified atom stereocenters. The standard InChI is InChI=1S/C19H20N4O2S/c1-2-10-26-19-22-17-16(18(25)23-19)14(11-6-8-20-9-7-11)15-12(21-17)4-3-5-13(15)24/h6-9,14H,2-5,10H2,1H3,(H2,21,22,23,25)/t14-/m1/s1. The van der Waals surface area contributed by atoms with Crippen molar-refractivity contribution >= 4 is 23.4 Å². The van der Waals surface area contributed by atoms with Crippen LogP contribution in [0, 0.1) is 0 Å². The van der Waals surface area contributed by atoms with Crippen LogP contribution in [-0.2, 0) is 4.79 Å². The van der Waals surface area contributed by atoms with Gasteiger partial charge in [-0.1, -0.05) is 18.7 Å². The second-order valence-corrected chi connectivity index (χ2v) is 7.57. The van der Waals surface area contributed by atoms with Crippen LogP contribution in [0.2, 0.25) is 0 Å². The van der Waals surface area contributed by atoms with Crippen LogP contribution in [0.15, 0.2) is 45.7 Å². The molecule has 0 fully saturated rings.